The number of carbonyl (C=O) groups is 1. The highest BCUT2D eigenvalue weighted by molar-refractivity contribution is 5.91. The van der Waals surface area contributed by atoms with E-state index in [9.17, 15) is 4.79 Å². The number of anilines is 3. The molecule has 0 heterocycles. The van der Waals surface area contributed by atoms with Crippen molar-refractivity contribution in [3.63, 3.8) is 0 Å². The molecule has 0 saturated carbocycles. The third-order valence-electron chi connectivity index (χ3n) is 3.49. The van der Waals surface area contributed by atoms with Crippen molar-refractivity contribution in [1.82, 2.24) is 0 Å². The minimum Gasteiger partial charge on any atom is -0.478 e. The van der Waals surface area contributed by atoms with E-state index in [4.69, 9.17) is 10.8 Å². The Morgan fingerprint density at radius 1 is 1.24 bits per heavy atom. The van der Waals surface area contributed by atoms with Gasteiger partial charge in [-0.25, -0.2) is 4.79 Å². The largest absolute Gasteiger partial charge is 0.478 e. The third kappa shape index (κ3) is 3.16. The lowest BCUT2D eigenvalue weighted by Gasteiger charge is -2.18. The summed E-state index contributed by atoms with van der Waals surface area (Å²) in [5.74, 6) is -0.598. The monoisotopic (exact) mass is 284 g/mol. The molecule has 0 aromatic heterocycles. The Kier molecular flexibility index (Phi) is 4.17. The maximum atomic E-state index is 10.9. The van der Waals surface area contributed by atoms with E-state index in [0.29, 0.717) is 11.6 Å². The Morgan fingerprint density at radius 3 is 2.52 bits per heavy atom. The smallest absolute Gasteiger partial charge is 0.335 e. The first-order valence-corrected chi connectivity index (χ1v) is 6.89. The quantitative estimate of drug-likeness (QED) is 0.737. The molecule has 2 aromatic carbocycles. The second-order valence-electron chi connectivity index (χ2n) is 5.43. The van der Waals surface area contributed by atoms with Crippen LogP contribution < -0.4 is 11.1 Å². The molecular formula is C17H20N2O2. The van der Waals surface area contributed by atoms with Gasteiger partial charge in [0.1, 0.15) is 0 Å². The number of nitrogen functional groups attached to an aromatic ring is 1. The highest BCUT2D eigenvalue weighted by Gasteiger charge is 2.11. The van der Waals surface area contributed by atoms with Crippen LogP contribution in [-0.4, -0.2) is 11.1 Å². The number of para-hydroxylation sites is 1. The first kappa shape index (κ1) is 14.9. The number of carboxylic acid groups (broad SMARTS) is 1. The fourth-order valence-corrected chi connectivity index (χ4v) is 2.29. The summed E-state index contributed by atoms with van der Waals surface area (Å²) < 4.78 is 0. The summed E-state index contributed by atoms with van der Waals surface area (Å²) in [6.07, 6.45) is 0. The lowest BCUT2D eigenvalue weighted by Crippen LogP contribution is -2.04. The lowest BCUT2D eigenvalue weighted by molar-refractivity contribution is 0.0697. The molecule has 0 fully saturated rings. The number of benzene rings is 2. The number of carboxylic acids is 1. The van der Waals surface area contributed by atoms with Crippen molar-refractivity contribution in [2.75, 3.05) is 11.1 Å². The topological polar surface area (TPSA) is 75.3 Å². The Morgan fingerprint density at radius 2 is 1.95 bits per heavy atom. The Balaban J connectivity index is 2.41. The number of nitrogens with two attached hydrogens (primary N) is 1. The molecule has 0 spiro atoms. The number of nitrogens with one attached hydrogen (secondary N) is 1. The summed E-state index contributed by atoms with van der Waals surface area (Å²) in [6, 6.07) is 10.9. The van der Waals surface area contributed by atoms with E-state index in [1.54, 1.807) is 12.1 Å². The summed E-state index contributed by atoms with van der Waals surface area (Å²) in [6.45, 7) is 6.31. The Labute approximate surface area is 124 Å². The van der Waals surface area contributed by atoms with Crippen LogP contribution in [0.25, 0.3) is 0 Å². The van der Waals surface area contributed by atoms with E-state index in [1.165, 1.54) is 11.6 Å². The number of aromatic carboxylic acids is 1. The normalized spacial score (nSPS) is 10.7. The van der Waals surface area contributed by atoms with Gasteiger partial charge in [-0.3, -0.25) is 0 Å². The van der Waals surface area contributed by atoms with Gasteiger partial charge in [-0.1, -0.05) is 32.0 Å². The van der Waals surface area contributed by atoms with Crippen molar-refractivity contribution in [2.24, 2.45) is 0 Å². The molecule has 0 aliphatic rings. The molecule has 21 heavy (non-hydrogen) atoms. The van der Waals surface area contributed by atoms with Gasteiger partial charge >= 0.3 is 5.97 Å². The second-order valence-corrected chi connectivity index (χ2v) is 5.43. The predicted octanol–water partition coefficient (Wildman–Crippen LogP) is 4.14. The molecule has 0 aliphatic carbocycles. The maximum Gasteiger partial charge on any atom is 0.335 e. The molecule has 0 radical (unpaired) electrons. The molecule has 2 rings (SSSR count). The average Bonchev–Trinajstić information content (AvgIpc) is 2.42. The molecule has 0 aliphatic heterocycles. The second kappa shape index (κ2) is 5.87. The summed E-state index contributed by atoms with van der Waals surface area (Å²) in [5.41, 5.74) is 10.6. The zero-order valence-electron chi connectivity index (χ0n) is 12.5. The van der Waals surface area contributed by atoms with Crippen molar-refractivity contribution in [1.29, 1.82) is 0 Å². The molecule has 4 heteroatoms. The summed E-state index contributed by atoms with van der Waals surface area (Å²) in [5, 5.41) is 12.3. The molecule has 4 nitrogen and oxygen atoms in total. The van der Waals surface area contributed by atoms with Crippen molar-refractivity contribution in [2.45, 2.75) is 26.7 Å². The van der Waals surface area contributed by atoms with E-state index in [2.05, 4.69) is 25.2 Å². The molecule has 0 unspecified atom stereocenters. The van der Waals surface area contributed by atoms with Crippen molar-refractivity contribution < 1.29 is 9.90 Å². The molecule has 0 saturated heterocycles. The standard InChI is InChI=1S/C17H20N2O2/c1-10(2)13-6-4-5-11(3)16(13)19-15-8-7-12(17(20)21)9-14(15)18/h4-10,19H,18H2,1-3H3,(H,20,21). The van der Waals surface area contributed by atoms with Crippen molar-refractivity contribution in [3.05, 3.63) is 53.1 Å². The summed E-state index contributed by atoms with van der Waals surface area (Å²) in [7, 11) is 0. The van der Waals surface area contributed by atoms with Crippen molar-refractivity contribution in [3.8, 4) is 0 Å². The van der Waals surface area contributed by atoms with Gasteiger partial charge in [0.05, 0.1) is 16.9 Å². The highest BCUT2D eigenvalue weighted by Crippen LogP contribution is 2.32. The Hall–Kier alpha value is -2.49. The Bertz CT molecular complexity index is 678. The van der Waals surface area contributed by atoms with Crippen LogP contribution in [0, 0.1) is 6.92 Å². The third-order valence-corrected chi connectivity index (χ3v) is 3.49. The lowest BCUT2D eigenvalue weighted by atomic mass is 9.98. The van der Waals surface area contributed by atoms with E-state index >= 15 is 0 Å². The van der Waals surface area contributed by atoms with Crippen LogP contribution in [0.1, 0.15) is 41.3 Å². The number of rotatable bonds is 4. The average molecular weight is 284 g/mol. The molecule has 110 valence electrons. The molecular weight excluding hydrogens is 264 g/mol. The molecule has 0 atom stereocenters. The molecule has 4 N–H and O–H groups in total. The zero-order valence-corrected chi connectivity index (χ0v) is 12.5. The number of aryl methyl sites for hydroxylation is 1. The molecule has 0 bridgehead atoms. The first-order chi connectivity index (χ1) is 9.90. The van der Waals surface area contributed by atoms with Crippen LogP contribution >= 0.6 is 0 Å². The van der Waals surface area contributed by atoms with Crippen LogP contribution in [0.4, 0.5) is 17.1 Å². The molecule has 0 amide bonds. The van der Waals surface area contributed by atoms with Gasteiger partial charge in [-0.15, -0.1) is 0 Å². The van der Waals surface area contributed by atoms with Gasteiger partial charge in [-0.2, -0.15) is 0 Å². The van der Waals surface area contributed by atoms with Crippen LogP contribution in [0.5, 0.6) is 0 Å². The van der Waals surface area contributed by atoms with E-state index in [0.717, 1.165) is 16.9 Å². The predicted molar refractivity (Wildman–Crippen MR) is 86.4 cm³/mol. The van der Waals surface area contributed by atoms with E-state index in [1.807, 2.05) is 19.1 Å². The van der Waals surface area contributed by atoms with Gasteiger partial charge in [0.2, 0.25) is 0 Å². The van der Waals surface area contributed by atoms with Crippen LogP contribution in [0.15, 0.2) is 36.4 Å². The van der Waals surface area contributed by atoms with Gasteiger partial charge < -0.3 is 16.2 Å². The minimum absolute atomic E-state index is 0.187. The number of hydrogen-bond acceptors (Lipinski definition) is 3. The summed E-state index contributed by atoms with van der Waals surface area (Å²) in [4.78, 5) is 10.9. The van der Waals surface area contributed by atoms with Gasteiger partial charge in [0.25, 0.3) is 0 Å². The van der Waals surface area contributed by atoms with E-state index in [-0.39, 0.29) is 5.56 Å². The van der Waals surface area contributed by atoms with Crippen LogP contribution in [0.3, 0.4) is 0 Å². The molecule has 2 aromatic rings. The SMILES string of the molecule is Cc1cccc(C(C)C)c1Nc1ccc(C(=O)O)cc1N. The fraction of sp³-hybridized carbons (Fsp3) is 0.235. The first-order valence-electron chi connectivity index (χ1n) is 6.89. The number of hydrogen-bond donors (Lipinski definition) is 3. The van der Waals surface area contributed by atoms with Gasteiger partial charge in [-0.05, 0) is 42.2 Å². The zero-order chi connectivity index (χ0) is 15.6. The maximum absolute atomic E-state index is 10.9. The summed E-state index contributed by atoms with van der Waals surface area (Å²) >= 11 is 0. The van der Waals surface area contributed by atoms with E-state index < -0.39 is 5.97 Å². The highest BCUT2D eigenvalue weighted by atomic mass is 16.4. The van der Waals surface area contributed by atoms with Crippen LogP contribution in [0.2, 0.25) is 0 Å². The van der Waals surface area contributed by atoms with Crippen molar-refractivity contribution >= 4 is 23.0 Å². The van der Waals surface area contributed by atoms with Gasteiger partial charge in [0.15, 0.2) is 0 Å². The fourth-order valence-electron chi connectivity index (χ4n) is 2.29. The minimum atomic E-state index is -0.980. The van der Waals surface area contributed by atoms with Crippen LogP contribution in [-0.2, 0) is 0 Å². The van der Waals surface area contributed by atoms with Gasteiger partial charge in [0, 0.05) is 5.69 Å².